The van der Waals surface area contributed by atoms with Gasteiger partial charge in [-0.05, 0) is 6.07 Å². The highest BCUT2D eigenvalue weighted by Crippen LogP contribution is 2.30. The molecule has 3 nitrogen and oxygen atoms in total. The van der Waals surface area contributed by atoms with Crippen LogP contribution in [0.3, 0.4) is 0 Å². The second kappa shape index (κ2) is 3.91. The summed E-state index contributed by atoms with van der Waals surface area (Å²) in [6, 6.07) is 7.59. The number of furan rings is 1. The van der Waals surface area contributed by atoms with Gasteiger partial charge in [-0.1, -0.05) is 39.0 Å². The average molecular weight is 232 g/mol. The van der Waals surface area contributed by atoms with Crippen LogP contribution < -0.4 is 0 Å². The summed E-state index contributed by atoms with van der Waals surface area (Å²) in [6.07, 6.45) is -0.00552. The van der Waals surface area contributed by atoms with Crippen LogP contribution in [0.2, 0.25) is 0 Å². The zero-order valence-electron chi connectivity index (χ0n) is 10.3. The van der Waals surface area contributed by atoms with E-state index in [1.807, 2.05) is 18.2 Å². The molecule has 1 aromatic carbocycles. The molecule has 0 bridgehead atoms. The third-order valence-electron chi connectivity index (χ3n) is 2.71. The second-order valence-corrected chi connectivity index (χ2v) is 5.27. The third kappa shape index (κ3) is 2.33. The highest BCUT2D eigenvalue weighted by Gasteiger charge is 2.20. The molecule has 1 aromatic heterocycles. The number of hydrogen-bond donors (Lipinski definition) is 1. The van der Waals surface area contributed by atoms with Crippen molar-refractivity contribution in [2.45, 2.75) is 32.6 Å². The summed E-state index contributed by atoms with van der Waals surface area (Å²) in [5, 5.41) is 9.82. The molecule has 0 unspecified atom stereocenters. The Bertz CT molecular complexity index is 558. The predicted molar refractivity (Wildman–Crippen MR) is 66.3 cm³/mol. The number of carbonyl (C=O) groups is 1. The van der Waals surface area contributed by atoms with E-state index in [9.17, 15) is 4.79 Å². The lowest BCUT2D eigenvalue weighted by Crippen LogP contribution is -2.08. The van der Waals surface area contributed by atoms with Crippen LogP contribution in [0.1, 0.15) is 32.1 Å². The van der Waals surface area contributed by atoms with E-state index in [1.54, 1.807) is 6.07 Å². The molecule has 1 heterocycles. The van der Waals surface area contributed by atoms with E-state index >= 15 is 0 Å². The maximum Gasteiger partial charge on any atom is 0.307 e. The van der Waals surface area contributed by atoms with Gasteiger partial charge in [-0.15, -0.1) is 0 Å². The summed E-state index contributed by atoms with van der Waals surface area (Å²) in [4.78, 5) is 10.8. The minimum atomic E-state index is -0.841. The Hall–Kier alpha value is -1.77. The first kappa shape index (κ1) is 11.7. The summed E-state index contributed by atoms with van der Waals surface area (Å²) in [7, 11) is 0. The average Bonchev–Trinajstić information content (AvgIpc) is 2.60. The van der Waals surface area contributed by atoms with Gasteiger partial charge in [0.1, 0.15) is 11.3 Å². The lowest BCUT2D eigenvalue weighted by molar-refractivity contribution is -0.136. The van der Waals surface area contributed by atoms with Gasteiger partial charge in [0, 0.05) is 16.4 Å². The number of para-hydroxylation sites is 1. The molecule has 2 rings (SSSR count). The van der Waals surface area contributed by atoms with Gasteiger partial charge in [-0.2, -0.15) is 0 Å². The van der Waals surface area contributed by atoms with Crippen molar-refractivity contribution in [1.82, 2.24) is 0 Å². The zero-order chi connectivity index (χ0) is 12.6. The number of carboxylic acid groups (broad SMARTS) is 1. The number of aliphatic carboxylic acids is 1. The van der Waals surface area contributed by atoms with E-state index in [0.717, 1.165) is 16.7 Å². The minimum Gasteiger partial charge on any atom is -0.481 e. The van der Waals surface area contributed by atoms with Gasteiger partial charge in [-0.25, -0.2) is 0 Å². The van der Waals surface area contributed by atoms with Gasteiger partial charge in [-0.3, -0.25) is 4.79 Å². The molecule has 90 valence electrons. The Balaban J connectivity index is 2.57. The number of hydrogen-bond acceptors (Lipinski definition) is 2. The molecule has 0 aliphatic heterocycles. The van der Waals surface area contributed by atoms with Crippen LogP contribution >= 0.6 is 0 Å². The minimum absolute atomic E-state index is 0.00552. The van der Waals surface area contributed by atoms with Crippen LogP contribution in [0.5, 0.6) is 0 Å². The van der Waals surface area contributed by atoms with Crippen LogP contribution in [0.25, 0.3) is 11.0 Å². The van der Waals surface area contributed by atoms with Crippen LogP contribution in [-0.2, 0) is 16.6 Å². The topological polar surface area (TPSA) is 50.4 Å². The van der Waals surface area contributed by atoms with E-state index in [-0.39, 0.29) is 11.8 Å². The van der Waals surface area contributed by atoms with E-state index in [0.29, 0.717) is 5.58 Å². The molecule has 2 aromatic rings. The Morgan fingerprint density at radius 2 is 2.06 bits per heavy atom. The smallest absolute Gasteiger partial charge is 0.307 e. The van der Waals surface area contributed by atoms with Gasteiger partial charge >= 0.3 is 5.97 Å². The van der Waals surface area contributed by atoms with Gasteiger partial charge < -0.3 is 9.52 Å². The van der Waals surface area contributed by atoms with E-state index < -0.39 is 5.97 Å². The lowest BCUT2D eigenvalue weighted by Gasteiger charge is -2.13. The van der Waals surface area contributed by atoms with Gasteiger partial charge in [0.25, 0.3) is 0 Å². The molecule has 3 heteroatoms. The van der Waals surface area contributed by atoms with Gasteiger partial charge in [0.05, 0.1) is 6.42 Å². The Kier molecular flexibility index (Phi) is 2.69. The third-order valence-corrected chi connectivity index (χ3v) is 2.71. The molecular formula is C14H16O3. The van der Waals surface area contributed by atoms with Gasteiger partial charge in [0.2, 0.25) is 0 Å². The Labute approximate surface area is 100 Å². The molecule has 0 aliphatic carbocycles. The largest absolute Gasteiger partial charge is 0.481 e. The molecule has 0 radical (unpaired) electrons. The lowest BCUT2D eigenvalue weighted by atomic mass is 9.93. The highest BCUT2D eigenvalue weighted by molar-refractivity contribution is 5.85. The summed E-state index contributed by atoms with van der Waals surface area (Å²) in [6.45, 7) is 6.21. The van der Waals surface area contributed by atoms with Crippen molar-refractivity contribution >= 4 is 16.9 Å². The van der Waals surface area contributed by atoms with Crippen molar-refractivity contribution in [3.05, 3.63) is 35.6 Å². The molecule has 0 atom stereocenters. The fourth-order valence-corrected chi connectivity index (χ4v) is 1.80. The van der Waals surface area contributed by atoms with Gasteiger partial charge in [0.15, 0.2) is 0 Å². The SMILES string of the molecule is CC(C)(C)c1cc2cccc(CC(=O)O)c2o1. The van der Waals surface area contributed by atoms with Crippen molar-refractivity contribution in [2.75, 3.05) is 0 Å². The van der Waals surface area contributed by atoms with Crippen LogP contribution in [-0.4, -0.2) is 11.1 Å². The first-order chi connectivity index (χ1) is 7.88. The Morgan fingerprint density at radius 3 is 2.65 bits per heavy atom. The van der Waals surface area contributed by atoms with Crippen molar-refractivity contribution in [3.8, 4) is 0 Å². The summed E-state index contributed by atoms with van der Waals surface area (Å²) in [5.41, 5.74) is 1.35. The maximum absolute atomic E-state index is 10.8. The number of carboxylic acids is 1. The summed E-state index contributed by atoms with van der Waals surface area (Å²) >= 11 is 0. The van der Waals surface area contributed by atoms with Crippen molar-refractivity contribution < 1.29 is 14.3 Å². The molecule has 0 fully saturated rings. The first-order valence-electron chi connectivity index (χ1n) is 5.61. The Morgan fingerprint density at radius 1 is 1.35 bits per heavy atom. The molecule has 0 spiro atoms. The second-order valence-electron chi connectivity index (χ2n) is 5.27. The molecule has 0 amide bonds. The fourth-order valence-electron chi connectivity index (χ4n) is 1.80. The number of rotatable bonds is 2. The summed E-state index contributed by atoms with van der Waals surface area (Å²) in [5.74, 6) is 0.0385. The molecule has 0 saturated heterocycles. The van der Waals surface area contributed by atoms with Crippen molar-refractivity contribution in [3.63, 3.8) is 0 Å². The molecule has 0 aliphatic rings. The molecule has 0 saturated carbocycles. The fraction of sp³-hybridized carbons (Fsp3) is 0.357. The molecule has 1 N–H and O–H groups in total. The monoisotopic (exact) mass is 232 g/mol. The van der Waals surface area contributed by atoms with E-state index in [4.69, 9.17) is 9.52 Å². The predicted octanol–water partition coefficient (Wildman–Crippen LogP) is 3.36. The van der Waals surface area contributed by atoms with Crippen LogP contribution in [0.15, 0.2) is 28.7 Å². The number of fused-ring (bicyclic) bond motifs is 1. The zero-order valence-corrected chi connectivity index (χ0v) is 10.3. The number of benzene rings is 1. The maximum atomic E-state index is 10.8. The summed E-state index contributed by atoms with van der Waals surface area (Å²) < 4.78 is 5.80. The van der Waals surface area contributed by atoms with E-state index in [1.165, 1.54) is 0 Å². The standard InChI is InChI=1S/C14H16O3/c1-14(2,3)11-7-9-5-4-6-10(8-12(15)16)13(9)17-11/h4-7H,8H2,1-3H3,(H,15,16). The van der Waals surface area contributed by atoms with Crippen LogP contribution in [0, 0.1) is 0 Å². The highest BCUT2D eigenvalue weighted by atomic mass is 16.4. The molecular weight excluding hydrogens is 216 g/mol. The quantitative estimate of drug-likeness (QED) is 0.863. The van der Waals surface area contributed by atoms with Crippen molar-refractivity contribution in [2.24, 2.45) is 0 Å². The van der Waals surface area contributed by atoms with E-state index in [2.05, 4.69) is 20.8 Å². The van der Waals surface area contributed by atoms with Crippen LogP contribution in [0.4, 0.5) is 0 Å². The molecule has 17 heavy (non-hydrogen) atoms. The normalized spacial score (nSPS) is 11.9. The van der Waals surface area contributed by atoms with Crippen molar-refractivity contribution in [1.29, 1.82) is 0 Å². The first-order valence-corrected chi connectivity index (χ1v) is 5.61.